The van der Waals surface area contributed by atoms with Crippen LogP contribution in [0.4, 0.5) is 0 Å². The SMILES string of the molecule is CCOC(=O)C1C(=N)Oc2c(ccc3ccccc23)C1c1ccccc1OC. The lowest BCUT2D eigenvalue weighted by atomic mass is 9.77. The molecule has 0 saturated carbocycles. The Morgan fingerprint density at radius 3 is 2.57 bits per heavy atom. The summed E-state index contributed by atoms with van der Waals surface area (Å²) < 4.78 is 16.7. The molecule has 2 atom stereocenters. The van der Waals surface area contributed by atoms with E-state index in [2.05, 4.69) is 0 Å². The number of para-hydroxylation sites is 1. The molecule has 1 aliphatic rings. The summed E-state index contributed by atoms with van der Waals surface area (Å²) in [6.45, 7) is 2.00. The molecule has 1 N–H and O–H groups in total. The van der Waals surface area contributed by atoms with E-state index >= 15 is 0 Å². The Kier molecular flexibility index (Phi) is 4.74. The van der Waals surface area contributed by atoms with Crippen molar-refractivity contribution in [1.82, 2.24) is 0 Å². The molecular formula is C23H21NO4. The van der Waals surface area contributed by atoms with Gasteiger partial charge in [-0.1, -0.05) is 54.6 Å². The summed E-state index contributed by atoms with van der Waals surface area (Å²) in [6.07, 6.45) is 0. The van der Waals surface area contributed by atoms with Crippen molar-refractivity contribution in [3.05, 3.63) is 71.8 Å². The molecule has 0 aromatic heterocycles. The van der Waals surface area contributed by atoms with E-state index in [1.54, 1.807) is 14.0 Å². The number of methoxy groups -OCH3 is 1. The third kappa shape index (κ3) is 2.89. The van der Waals surface area contributed by atoms with Crippen molar-refractivity contribution in [3.63, 3.8) is 0 Å². The number of hydrogen-bond donors (Lipinski definition) is 1. The number of esters is 1. The highest BCUT2D eigenvalue weighted by Crippen LogP contribution is 2.47. The number of nitrogens with one attached hydrogen (secondary N) is 1. The fourth-order valence-electron chi connectivity index (χ4n) is 3.87. The minimum atomic E-state index is -0.870. The smallest absolute Gasteiger partial charge is 0.319 e. The highest BCUT2D eigenvalue weighted by atomic mass is 16.5. The third-order valence-electron chi connectivity index (χ3n) is 5.09. The second-order valence-electron chi connectivity index (χ2n) is 6.62. The Bertz CT molecular complexity index is 1060. The van der Waals surface area contributed by atoms with Crippen molar-refractivity contribution < 1.29 is 19.0 Å². The van der Waals surface area contributed by atoms with Crippen molar-refractivity contribution in [2.24, 2.45) is 5.92 Å². The summed E-state index contributed by atoms with van der Waals surface area (Å²) in [6, 6.07) is 19.4. The highest BCUT2D eigenvalue weighted by Gasteiger charge is 2.43. The van der Waals surface area contributed by atoms with Crippen LogP contribution < -0.4 is 9.47 Å². The average molecular weight is 375 g/mol. The fraction of sp³-hybridized carbons (Fsp3) is 0.217. The fourth-order valence-corrected chi connectivity index (χ4v) is 3.87. The summed E-state index contributed by atoms with van der Waals surface area (Å²) in [4.78, 5) is 12.8. The molecule has 1 aliphatic heterocycles. The topological polar surface area (TPSA) is 68.6 Å². The molecule has 2 unspecified atom stereocenters. The first-order valence-corrected chi connectivity index (χ1v) is 9.23. The van der Waals surface area contributed by atoms with Gasteiger partial charge < -0.3 is 14.2 Å². The van der Waals surface area contributed by atoms with E-state index in [0.29, 0.717) is 11.5 Å². The van der Waals surface area contributed by atoms with Crippen molar-refractivity contribution in [2.75, 3.05) is 13.7 Å². The van der Waals surface area contributed by atoms with E-state index in [4.69, 9.17) is 19.6 Å². The average Bonchev–Trinajstić information content (AvgIpc) is 2.72. The lowest BCUT2D eigenvalue weighted by molar-refractivity contribution is -0.146. The van der Waals surface area contributed by atoms with Gasteiger partial charge in [0.2, 0.25) is 5.90 Å². The van der Waals surface area contributed by atoms with E-state index in [-0.39, 0.29) is 12.5 Å². The molecule has 3 aromatic carbocycles. The Morgan fingerprint density at radius 2 is 1.79 bits per heavy atom. The Balaban J connectivity index is 1.98. The first-order valence-electron chi connectivity index (χ1n) is 9.23. The Morgan fingerprint density at radius 1 is 1.04 bits per heavy atom. The zero-order valence-electron chi connectivity index (χ0n) is 15.8. The zero-order valence-corrected chi connectivity index (χ0v) is 15.8. The van der Waals surface area contributed by atoms with Crippen molar-refractivity contribution in [2.45, 2.75) is 12.8 Å². The van der Waals surface area contributed by atoms with E-state index in [9.17, 15) is 4.79 Å². The van der Waals surface area contributed by atoms with Crippen LogP contribution in [0.3, 0.4) is 0 Å². The summed E-state index contributed by atoms with van der Waals surface area (Å²) >= 11 is 0. The van der Waals surface area contributed by atoms with Crippen LogP contribution in [0.5, 0.6) is 11.5 Å². The number of rotatable bonds is 4. The van der Waals surface area contributed by atoms with E-state index < -0.39 is 17.8 Å². The monoisotopic (exact) mass is 375 g/mol. The van der Waals surface area contributed by atoms with Gasteiger partial charge in [-0.25, -0.2) is 0 Å². The van der Waals surface area contributed by atoms with Gasteiger partial charge >= 0.3 is 5.97 Å². The van der Waals surface area contributed by atoms with Crippen LogP contribution in [0, 0.1) is 11.3 Å². The molecule has 28 heavy (non-hydrogen) atoms. The van der Waals surface area contributed by atoms with Crippen LogP contribution >= 0.6 is 0 Å². The van der Waals surface area contributed by atoms with E-state index in [1.165, 1.54) is 0 Å². The minimum absolute atomic E-state index is 0.113. The van der Waals surface area contributed by atoms with Gasteiger partial charge in [-0.15, -0.1) is 0 Å². The second kappa shape index (κ2) is 7.35. The first kappa shape index (κ1) is 18.0. The van der Waals surface area contributed by atoms with Crippen LogP contribution in [0.15, 0.2) is 60.7 Å². The molecule has 3 aromatic rings. The van der Waals surface area contributed by atoms with Gasteiger partial charge in [0.15, 0.2) is 0 Å². The lowest BCUT2D eigenvalue weighted by Gasteiger charge is -2.33. The molecule has 0 spiro atoms. The van der Waals surface area contributed by atoms with E-state index in [1.807, 2.05) is 60.7 Å². The highest BCUT2D eigenvalue weighted by molar-refractivity contribution is 6.03. The molecule has 0 radical (unpaired) electrons. The van der Waals surface area contributed by atoms with Gasteiger partial charge in [-0.05, 0) is 18.4 Å². The molecule has 0 aliphatic carbocycles. The largest absolute Gasteiger partial charge is 0.496 e. The maximum Gasteiger partial charge on any atom is 0.319 e. The number of carbonyl (C=O) groups excluding carboxylic acids is 1. The molecule has 5 heteroatoms. The molecule has 0 amide bonds. The molecule has 4 rings (SSSR count). The van der Waals surface area contributed by atoms with Crippen molar-refractivity contribution in [1.29, 1.82) is 5.41 Å². The Labute approximate surface area is 163 Å². The number of fused-ring (bicyclic) bond motifs is 3. The minimum Gasteiger partial charge on any atom is -0.496 e. The predicted molar refractivity (Wildman–Crippen MR) is 107 cm³/mol. The first-order chi connectivity index (χ1) is 13.7. The van der Waals surface area contributed by atoms with E-state index in [0.717, 1.165) is 21.9 Å². The molecule has 0 saturated heterocycles. The number of carbonyl (C=O) groups is 1. The summed E-state index contributed by atoms with van der Waals surface area (Å²) in [7, 11) is 1.60. The quantitative estimate of drug-likeness (QED) is 0.680. The maximum absolute atomic E-state index is 12.8. The van der Waals surface area contributed by atoms with Crippen LogP contribution in [0.25, 0.3) is 10.8 Å². The molecule has 1 heterocycles. The van der Waals surface area contributed by atoms with Crippen LogP contribution in [0.2, 0.25) is 0 Å². The molecule has 142 valence electrons. The number of hydrogen-bond acceptors (Lipinski definition) is 5. The maximum atomic E-state index is 12.8. The van der Waals surface area contributed by atoms with Gasteiger partial charge in [0.1, 0.15) is 17.4 Å². The Hall–Kier alpha value is -3.34. The van der Waals surface area contributed by atoms with Gasteiger partial charge in [0, 0.05) is 22.4 Å². The van der Waals surface area contributed by atoms with Crippen LogP contribution in [-0.2, 0) is 9.53 Å². The van der Waals surface area contributed by atoms with Crippen molar-refractivity contribution >= 4 is 22.6 Å². The third-order valence-corrected chi connectivity index (χ3v) is 5.09. The standard InChI is InChI=1S/C23H21NO4/c1-3-27-23(25)20-19(16-10-6-7-11-18(16)26-2)17-13-12-14-8-4-5-9-15(14)21(17)28-22(20)24/h4-13,19-20,24H,3H2,1-2H3. The molecular weight excluding hydrogens is 354 g/mol. The summed E-state index contributed by atoms with van der Waals surface area (Å²) in [5, 5.41) is 10.4. The second-order valence-corrected chi connectivity index (χ2v) is 6.62. The predicted octanol–water partition coefficient (Wildman–Crippen LogP) is 4.53. The normalized spacial score (nSPS) is 18.3. The summed E-state index contributed by atoms with van der Waals surface area (Å²) in [5.74, 6) is -0.614. The van der Waals surface area contributed by atoms with Gasteiger partial charge in [0.05, 0.1) is 13.7 Å². The zero-order chi connectivity index (χ0) is 19.7. The molecule has 0 fully saturated rings. The van der Waals surface area contributed by atoms with Crippen LogP contribution in [0.1, 0.15) is 24.0 Å². The van der Waals surface area contributed by atoms with Gasteiger partial charge in [-0.2, -0.15) is 0 Å². The van der Waals surface area contributed by atoms with Gasteiger partial charge in [0.25, 0.3) is 0 Å². The molecule has 5 nitrogen and oxygen atoms in total. The van der Waals surface area contributed by atoms with Crippen LogP contribution in [-0.4, -0.2) is 25.6 Å². The number of benzene rings is 3. The summed E-state index contributed by atoms with van der Waals surface area (Å²) in [5.41, 5.74) is 1.67. The lowest BCUT2D eigenvalue weighted by Crippen LogP contribution is -2.38. The van der Waals surface area contributed by atoms with Crippen molar-refractivity contribution in [3.8, 4) is 11.5 Å². The van der Waals surface area contributed by atoms with Gasteiger partial charge in [-0.3, -0.25) is 10.2 Å². The number of ether oxygens (including phenoxy) is 3. The molecule has 0 bridgehead atoms.